The molecule has 0 aromatic heterocycles. The lowest BCUT2D eigenvalue weighted by molar-refractivity contribution is -0.149. The number of guanidine groups is 1. The summed E-state index contributed by atoms with van der Waals surface area (Å²) in [5, 5.41) is 0. The summed E-state index contributed by atoms with van der Waals surface area (Å²) in [5.41, 5.74) is 7.78. The first kappa shape index (κ1) is 24.4. The van der Waals surface area contributed by atoms with Crippen LogP contribution in [-0.2, 0) is 20.9 Å². The van der Waals surface area contributed by atoms with Gasteiger partial charge in [0, 0.05) is 25.1 Å². The van der Waals surface area contributed by atoms with Gasteiger partial charge < -0.3 is 25.0 Å². The topological polar surface area (TPSA) is 97.5 Å². The van der Waals surface area contributed by atoms with Crippen molar-refractivity contribution >= 4 is 23.5 Å². The fraction of sp³-hybridized carbons (Fsp3) is 0.654. The van der Waals surface area contributed by atoms with E-state index in [2.05, 4.69) is 4.99 Å². The second-order valence-corrected chi connectivity index (χ2v) is 9.72. The predicted octanol–water partition coefficient (Wildman–Crippen LogP) is 3.88. The summed E-state index contributed by atoms with van der Waals surface area (Å²) in [5.74, 6) is 0.947. The Kier molecular flexibility index (Phi) is 8.29. The molecule has 1 aromatic rings. The second-order valence-electron chi connectivity index (χ2n) is 9.72. The molecule has 34 heavy (non-hydrogen) atoms. The van der Waals surface area contributed by atoms with E-state index in [1.807, 2.05) is 30.1 Å². The van der Waals surface area contributed by atoms with Gasteiger partial charge in [-0.2, -0.15) is 0 Å². The average Bonchev–Trinajstić information content (AvgIpc) is 3.35. The molecule has 1 aliphatic heterocycles. The number of nitrogens with zero attached hydrogens (tertiary/aromatic N) is 3. The van der Waals surface area contributed by atoms with E-state index in [4.69, 9.17) is 15.2 Å². The molecule has 3 aliphatic rings. The number of carbonyl (C=O) groups excluding carboxylic acids is 2. The highest BCUT2D eigenvalue weighted by atomic mass is 16.5. The van der Waals surface area contributed by atoms with Crippen molar-refractivity contribution in [3.05, 3.63) is 23.8 Å². The molecule has 1 amide bonds. The molecule has 2 saturated carbocycles. The molecule has 1 aromatic carbocycles. The highest BCUT2D eigenvalue weighted by Crippen LogP contribution is 2.33. The highest BCUT2D eigenvalue weighted by Gasteiger charge is 2.26. The standard InChI is InChI=1S/C26H38N4O4/c1-29(19-9-3-2-4-10-19)24(31)15-8-16-33-23-14-7-13-22-21(23)17-30(26(27)28-22)18-25(32)34-20-11-5-6-12-20/h7,13-14,19-20H,2-6,8-12,15-18H2,1H3,(H2,27,28). The van der Waals surface area contributed by atoms with Crippen LogP contribution in [-0.4, -0.2) is 60.0 Å². The minimum absolute atomic E-state index is 0.0292. The summed E-state index contributed by atoms with van der Waals surface area (Å²) in [7, 11) is 1.93. The Bertz CT molecular complexity index is 891. The van der Waals surface area contributed by atoms with Crippen LogP contribution in [0.4, 0.5) is 5.69 Å². The summed E-state index contributed by atoms with van der Waals surface area (Å²) in [6.45, 7) is 0.954. The molecule has 0 bridgehead atoms. The van der Waals surface area contributed by atoms with E-state index in [9.17, 15) is 9.59 Å². The van der Waals surface area contributed by atoms with Gasteiger partial charge in [0.15, 0.2) is 5.96 Å². The first-order valence-corrected chi connectivity index (χ1v) is 12.8. The number of fused-ring (bicyclic) bond motifs is 1. The molecule has 4 rings (SSSR count). The van der Waals surface area contributed by atoms with Gasteiger partial charge in [0.1, 0.15) is 18.4 Å². The van der Waals surface area contributed by atoms with Gasteiger partial charge in [-0.3, -0.25) is 9.59 Å². The highest BCUT2D eigenvalue weighted by molar-refractivity contribution is 5.87. The number of amides is 1. The largest absolute Gasteiger partial charge is 0.493 e. The van der Waals surface area contributed by atoms with Crippen LogP contribution in [0.25, 0.3) is 0 Å². The molecule has 0 radical (unpaired) electrons. The van der Waals surface area contributed by atoms with Crippen LogP contribution in [0.15, 0.2) is 23.2 Å². The molecule has 186 valence electrons. The number of ether oxygens (including phenoxy) is 2. The minimum Gasteiger partial charge on any atom is -0.493 e. The van der Waals surface area contributed by atoms with Gasteiger partial charge in [0.2, 0.25) is 5.91 Å². The lowest BCUT2D eigenvalue weighted by Crippen LogP contribution is -2.42. The predicted molar refractivity (Wildman–Crippen MR) is 131 cm³/mol. The van der Waals surface area contributed by atoms with E-state index in [-0.39, 0.29) is 24.5 Å². The first-order valence-electron chi connectivity index (χ1n) is 12.8. The number of carbonyl (C=O) groups is 2. The average molecular weight is 471 g/mol. The fourth-order valence-corrected chi connectivity index (χ4v) is 5.19. The van der Waals surface area contributed by atoms with Gasteiger partial charge in [-0.1, -0.05) is 25.3 Å². The van der Waals surface area contributed by atoms with E-state index in [1.54, 1.807) is 4.90 Å². The fourth-order valence-electron chi connectivity index (χ4n) is 5.19. The van der Waals surface area contributed by atoms with E-state index in [1.165, 1.54) is 19.3 Å². The van der Waals surface area contributed by atoms with E-state index >= 15 is 0 Å². The molecule has 1 heterocycles. The van der Waals surface area contributed by atoms with Crippen LogP contribution in [0.1, 0.15) is 76.2 Å². The lowest BCUT2D eigenvalue weighted by Gasteiger charge is -2.31. The van der Waals surface area contributed by atoms with Crippen molar-refractivity contribution in [2.45, 2.75) is 89.3 Å². The quantitative estimate of drug-likeness (QED) is 0.434. The third-order valence-corrected chi connectivity index (χ3v) is 7.24. The minimum atomic E-state index is -0.271. The Morgan fingerprint density at radius 2 is 1.85 bits per heavy atom. The Balaban J connectivity index is 1.28. The monoisotopic (exact) mass is 470 g/mol. The summed E-state index contributed by atoms with van der Waals surface area (Å²) >= 11 is 0. The Morgan fingerprint density at radius 3 is 2.62 bits per heavy atom. The van der Waals surface area contributed by atoms with Crippen LogP contribution in [0.3, 0.4) is 0 Å². The van der Waals surface area contributed by atoms with Crippen molar-refractivity contribution in [2.75, 3.05) is 20.2 Å². The molecule has 0 unspecified atom stereocenters. The molecule has 2 N–H and O–H groups in total. The molecule has 8 nitrogen and oxygen atoms in total. The van der Waals surface area contributed by atoms with Gasteiger partial charge in [0.25, 0.3) is 0 Å². The zero-order chi connectivity index (χ0) is 23.9. The number of hydrogen-bond donors (Lipinski definition) is 1. The van der Waals surface area contributed by atoms with Crippen LogP contribution in [0.5, 0.6) is 5.75 Å². The van der Waals surface area contributed by atoms with E-state index in [0.717, 1.165) is 55.5 Å². The van der Waals surface area contributed by atoms with E-state index in [0.29, 0.717) is 38.0 Å². The summed E-state index contributed by atoms with van der Waals surface area (Å²) in [6, 6.07) is 6.07. The molecular formula is C26H38N4O4. The van der Waals surface area contributed by atoms with Crippen LogP contribution in [0, 0.1) is 0 Å². The summed E-state index contributed by atoms with van der Waals surface area (Å²) in [4.78, 5) is 33.1. The summed E-state index contributed by atoms with van der Waals surface area (Å²) < 4.78 is 11.6. The maximum Gasteiger partial charge on any atom is 0.325 e. The third kappa shape index (κ3) is 6.21. The maximum absolute atomic E-state index is 12.6. The Labute approximate surface area is 202 Å². The van der Waals surface area contributed by atoms with Gasteiger partial charge >= 0.3 is 5.97 Å². The van der Waals surface area contributed by atoms with Crippen molar-refractivity contribution in [2.24, 2.45) is 10.7 Å². The van der Waals surface area contributed by atoms with Crippen LogP contribution >= 0.6 is 0 Å². The molecule has 0 atom stereocenters. The van der Waals surface area contributed by atoms with Gasteiger partial charge in [-0.05, 0) is 57.1 Å². The van der Waals surface area contributed by atoms with Gasteiger partial charge in [0.05, 0.1) is 18.8 Å². The van der Waals surface area contributed by atoms with Crippen molar-refractivity contribution in [3.8, 4) is 5.75 Å². The number of benzene rings is 1. The molecular weight excluding hydrogens is 432 g/mol. The zero-order valence-electron chi connectivity index (χ0n) is 20.3. The first-order chi connectivity index (χ1) is 16.5. The number of hydrogen-bond acceptors (Lipinski definition) is 7. The maximum atomic E-state index is 12.6. The zero-order valence-corrected chi connectivity index (χ0v) is 20.3. The second kappa shape index (κ2) is 11.6. The van der Waals surface area contributed by atoms with Crippen LogP contribution < -0.4 is 10.5 Å². The van der Waals surface area contributed by atoms with Gasteiger partial charge in [-0.25, -0.2) is 4.99 Å². The van der Waals surface area contributed by atoms with Gasteiger partial charge in [-0.15, -0.1) is 0 Å². The number of nitrogens with two attached hydrogens (primary N) is 1. The van der Waals surface area contributed by atoms with Crippen molar-refractivity contribution in [1.82, 2.24) is 9.80 Å². The molecule has 2 aliphatic carbocycles. The number of aliphatic imine (C=N–C) groups is 1. The van der Waals surface area contributed by atoms with E-state index < -0.39 is 0 Å². The summed E-state index contributed by atoms with van der Waals surface area (Å²) in [6.07, 6.45) is 11.2. The third-order valence-electron chi connectivity index (χ3n) is 7.24. The molecule has 0 spiro atoms. The lowest BCUT2D eigenvalue weighted by atomic mass is 9.94. The van der Waals surface area contributed by atoms with Crippen LogP contribution in [0.2, 0.25) is 0 Å². The molecule has 8 heteroatoms. The normalized spacial score (nSPS) is 18.9. The number of esters is 1. The number of rotatable bonds is 9. The SMILES string of the molecule is CN(C(=O)CCCOc1cccc2c1CN(CC(=O)OC1CCCC1)C(N)=N2)C1CCCCC1. The van der Waals surface area contributed by atoms with Crippen molar-refractivity contribution in [3.63, 3.8) is 0 Å². The Morgan fingerprint density at radius 1 is 1.12 bits per heavy atom. The molecule has 2 fully saturated rings. The van der Waals surface area contributed by atoms with Crippen molar-refractivity contribution in [1.29, 1.82) is 0 Å². The van der Waals surface area contributed by atoms with Crippen molar-refractivity contribution < 1.29 is 19.1 Å². The molecule has 0 saturated heterocycles. The smallest absolute Gasteiger partial charge is 0.325 e. The Hall–Kier alpha value is -2.77.